The van der Waals surface area contributed by atoms with Crippen molar-refractivity contribution in [3.63, 3.8) is 0 Å². The SMILES string of the molecule is CCn1c2ccccc2c2cc(-c3c4ccccc4c(-c4cccc5ccccc45)c4ccccc34)ccc21. The minimum absolute atomic E-state index is 0.953. The molecule has 0 spiro atoms. The molecule has 8 rings (SSSR count). The average molecular weight is 498 g/mol. The summed E-state index contributed by atoms with van der Waals surface area (Å²) in [5, 5.41) is 10.3. The van der Waals surface area contributed by atoms with E-state index in [2.05, 4.69) is 145 Å². The number of benzene rings is 7. The number of hydrogen-bond acceptors (Lipinski definition) is 0. The standard InChI is InChI=1S/C38H27N/c1-2-39-35-21-10-9-15-28(35)34-24-26(22-23-36(34)39)37-30-16-5-7-18-32(30)38(33-19-8-6-17-31(33)37)29-20-11-13-25-12-3-4-14-27(25)29/h3-24H,2H2,1H3. The lowest BCUT2D eigenvalue weighted by atomic mass is 9.84. The van der Waals surface area contributed by atoms with Crippen molar-refractivity contribution in [3.05, 3.63) is 133 Å². The van der Waals surface area contributed by atoms with Gasteiger partial charge in [0.05, 0.1) is 0 Å². The summed E-state index contributed by atoms with van der Waals surface area (Å²) in [7, 11) is 0. The first-order valence-electron chi connectivity index (χ1n) is 13.8. The largest absolute Gasteiger partial charge is 0.341 e. The molecule has 39 heavy (non-hydrogen) atoms. The predicted molar refractivity (Wildman–Crippen MR) is 169 cm³/mol. The highest BCUT2D eigenvalue weighted by atomic mass is 15.0. The fourth-order valence-corrected chi connectivity index (χ4v) is 6.72. The zero-order valence-corrected chi connectivity index (χ0v) is 21.9. The topological polar surface area (TPSA) is 4.93 Å². The van der Waals surface area contributed by atoms with Gasteiger partial charge in [0.1, 0.15) is 0 Å². The normalized spacial score (nSPS) is 11.8. The molecule has 0 atom stereocenters. The van der Waals surface area contributed by atoms with Crippen molar-refractivity contribution in [1.82, 2.24) is 4.57 Å². The molecular weight excluding hydrogens is 470 g/mol. The van der Waals surface area contributed by atoms with Crippen LogP contribution < -0.4 is 0 Å². The van der Waals surface area contributed by atoms with Gasteiger partial charge in [-0.1, -0.05) is 115 Å². The Morgan fingerprint density at radius 3 is 1.67 bits per heavy atom. The van der Waals surface area contributed by atoms with Crippen LogP contribution in [0.3, 0.4) is 0 Å². The van der Waals surface area contributed by atoms with Crippen molar-refractivity contribution in [2.75, 3.05) is 0 Å². The third-order valence-electron chi connectivity index (χ3n) is 8.37. The van der Waals surface area contributed by atoms with Crippen LogP contribution in [-0.4, -0.2) is 4.57 Å². The lowest BCUT2D eigenvalue weighted by Gasteiger charge is -2.19. The molecule has 0 saturated heterocycles. The van der Waals surface area contributed by atoms with Crippen molar-refractivity contribution in [2.45, 2.75) is 13.5 Å². The van der Waals surface area contributed by atoms with Gasteiger partial charge in [0, 0.05) is 28.4 Å². The number of nitrogens with zero attached hydrogens (tertiary/aromatic N) is 1. The third-order valence-corrected chi connectivity index (χ3v) is 8.37. The molecular formula is C38H27N. The molecule has 0 unspecified atom stereocenters. The van der Waals surface area contributed by atoms with Crippen LogP contribution in [0.1, 0.15) is 6.92 Å². The molecule has 0 saturated carbocycles. The van der Waals surface area contributed by atoms with Crippen molar-refractivity contribution in [1.29, 1.82) is 0 Å². The summed E-state index contributed by atoms with van der Waals surface area (Å²) in [6.45, 7) is 3.18. The Kier molecular flexibility index (Phi) is 4.87. The van der Waals surface area contributed by atoms with Gasteiger partial charge in [-0.3, -0.25) is 0 Å². The molecule has 1 aromatic heterocycles. The maximum atomic E-state index is 2.42. The Balaban J connectivity index is 1.51. The van der Waals surface area contributed by atoms with Crippen molar-refractivity contribution in [3.8, 4) is 22.3 Å². The van der Waals surface area contributed by atoms with Gasteiger partial charge in [-0.05, 0) is 79.7 Å². The summed E-state index contributed by atoms with van der Waals surface area (Å²) in [4.78, 5) is 0. The van der Waals surface area contributed by atoms with E-state index in [1.54, 1.807) is 0 Å². The lowest BCUT2D eigenvalue weighted by molar-refractivity contribution is 0.827. The fourth-order valence-electron chi connectivity index (χ4n) is 6.72. The number of fused-ring (bicyclic) bond motifs is 6. The number of rotatable bonds is 3. The van der Waals surface area contributed by atoms with Gasteiger partial charge in [-0.25, -0.2) is 0 Å². The highest BCUT2D eigenvalue weighted by molar-refractivity contribution is 6.24. The Hall–Kier alpha value is -4.88. The van der Waals surface area contributed by atoms with E-state index in [9.17, 15) is 0 Å². The van der Waals surface area contributed by atoms with Crippen LogP contribution in [0.25, 0.3) is 76.4 Å². The number of aryl methyl sites for hydroxylation is 1. The molecule has 0 fully saturated rings. The molecule has 8 aromatic rings. The second-order valence-electron chi connectivity index (χ2n) is 10.4. The predicted octanol–water partition coefficient (Wildman–Crippen LogP) is 10.6. The third kappa shape index (κ3) is 3.20. The summed E-state index contributed by atoms with van der Waals surface area (Å²) in [5.74, 6) is 0. The number of hydrogen-bond donors (Lipinski definition) is 0. The first-order chi connectivity index (χ1) is 19.3. The highest BCUT2D eigenvalue weighted by Gasteiger charge is 2.19. The Morgan fingerprint density at radius 1 is 0.436 bits per heavy atom. The molecule has 0 amide bonds. The van der Waals surface area contributed by atoms with Gasteiger partial charge >= 0.3 is 0 Å². The summed E-state index contributed by atoms with van der Waals surface area (Å²) >= 11 is 0. The average Bonchev–Trinajstić information content (AvgIpc) is 3.32. The summed E-state index contributed by atoms with van der Waals surface area (Å²) in [5.41, 5.74) is 7.76. The van der Waals surface area contributed by atoms with E-state index in [1.165, 1.54) is 76.4 Å². The maximum absolute atomic E-state index is 2.42. The summed E-state index contributed by atoms with van der Waals surface area (Å²) in [6.07, 6.45) is 0. The smallest absolute Gasteiger partial charge is 0.0491 e. The van der Waals surface area contributed by atoms with E-state index in [4.69, 9.17) is 0 Å². The molecule has 0 aliphatic heterocycles. The van der Waals surface area contributed by atoms with Gasteiger partial charge in [0.25, 0.3) is 0 Å². The minimum Gasteiger partial charge on any atom is -0.341 e. The van der Waals surface area contributed by atoms with Crippen LogP contribution in [0.15, 0.2) is 133 Å². The van der Waals surface area contributed by atoms with Crippen LogP contribution >= 0.6 is 0 Å². The zero-order chi connectivity index (χ0) is 25.9. The lowest BCUT2D eigenvalue weighted by Crippen LogP contribution is -1.93. The number of para-hydroxylation sites is 1. The Labute approximate surface area is 227 Å². The van der Waals surface area contributed by atoms with Crippen LogP contribution in [0.4, 0.5) is 0 Å². The monoisotopic (exact) mass is 497 g/mol. The molecule has 1 nitrogen and oxygen atoms in total. The summed E-state index contributed by atoms with van der Waals surface area (Å²) in [6, 6.07) is 49.1. The minimum atomic E-state index is 0.953. The molecule has 7 aromatic carbocycles. The molecule has 184 valence electrons. The van der Waals surface area contributed by atoms with E-state index in [1.807, 2.05) is 0 Å². The van der Waals surface area contributed by atoms with Gasteiger partial charge in [-0.15, -0.1) is 0 Å². The van der Waals surface area contributed by atoms with E-state index in [0.29, 0.717) is 0 Å². The molecule has 1 heteroatoms. The Morgan fingerprint density at radius 2 is 0.974 bits per heavy atom. The maximum Gasteiger partial charge on any atom is 0.0491 e. The quantitative estimate of drug-likeness (QED) is 0.214. The second kappa shape index (κ2) is 8.58. The van der Waals surface area contributed by atoms with Crippen LogP contribution in [0, 0.1) is 0 Å². The van der Waals surface area contributed by atoms with E-state index in [0.717, 1.165) is 6.54 Å². The van der Waals surface area contributed by atoms with E-state index < -0.39 is 0 Å². The number of aromatic nitrogens is 1. The van der Waals surface area contributed by atoms with E-state index >= 15 is 0 Å². The molecule has 0 bridgehead atoms. The molecule has 0 aliphatic carbocycles. The molecule has 0 N–H and O–H groups in total. The van der Waals surface area contributed by atoms with Gasteiger partial charge in [0.15, 0.2) is 0 Å². The second-order valence-corrected chi connectivity index (χ2v) is 10.4. The molecule has 0 radical (unpaired) electrons. The first kappa shape index (κ1) is 22.1. The Bertz CT molecular complexity index is 2150. The first-order valence-corrected chi connectivity index (χ1v) is 13.8. The van der Waals surface area contributed by atoms with E-state index in [-0.39, 0.29) is 0 Å². The van der Waals surface area contributed by atoms with Crippen molar-refractivity contribution < 1.29 is 0 Å². The summed E-state index contributed by atoms with van der Waals surface area (Å²) < 4.78 is 2.42. The highest BCUT2D eigenvalue weighted by Crippen LogP contribution is 2.46. The fraction of sp³-hybridized carbons (Fsp3) is 0.0526. The van der Waals surface area contributed by atoms with Crippen LogP contribution in [0.5, 0.6) is 0 Å². The van der Waals surface area contributed by atoms with Crippen molar-refractivity contribution >= 4 is 54.1 Å². The van der Waals surface area contributed by atoms with Gasteiger partial charge in [0.2, 0.25) is 0 Å². The van der Waals surface area contributed by atoms with Gasteiger partial charge in [-0.2, -0.15) is 0 Å². The van der Waals surface area contributed by atoms with Crippen LogP contribution in [-0.2, 0) is 6.54 Å². The van der Waals surface area contributed by atoms with Gasteiger partial charge < -0.3 is 4.57 Å². The zero-order valence-electron chi connectivity index (χ0n) is 21.9. The van der Waals surface area contributed by atoms with Crippen LogP contribution in [0.2, 0.25) is 0 Å². The van der Waals surface area contributed by atoms with Crippen molar-refractivity contribution in [2.24, 2.45) is 0 Å². The molecule has 0 aliphatic rings. The molecule has 1 heterocycles.